The number of aliphatic imine (C=N–C) groups is 1. The van der Waals surface area contributed by atoms with Crippen molar-refractivity contribution in [2.75, 3.05) is 5.32 Å². The maximum Gasteiger partial charge on any atom is 0.442 e. The molecule has 1 aliphatic carbocycles. The molecule has 0 radical (unpaired) electrons. The largest absolute Gasteiger partial charge is 0.442 e. The Bertz CT molecular complexity index is 927. The third-order valence-corrected chi connectivity index (χ3v) is 5.42. The molecule has 5 nitrogen and oxygen atoms in total. The van der Waals surface area contributed by atoms with Crippen LogP contribution in [0.25, 0.3) is 0 Å². The molecule has 1 amide bonds. The average Bonchev–Trinajstić information content (AvgIpc) is 3.31. The van der Waals surface area contributed by atoms with Crippen molar-refractivity contribution < 1.29 is 18.0 Å². The fourth-order valence-corrected chi connectivity index (χ4v) is 3.91. The minimum Gasteiger partial charge on any atom is -0.331 e. The summed E-state index contributed by atoms with van der Waals surface area (Å²) in [6.45, 7) is 0. The topological polar surface area (TPSA) is 57.6 Å². The van der Waals surface area contributed by atoms with Crippen LogP contribution in [0.15, 0.2) is 53.7 Å². The van der Waals surface area contributed by atoms with Crippen molar-refractivity contribution in [2.24, 2.45) is 4.99 Å². The lowest BCUT2D eigenvalue weighted by molar-refractivity contribution is -0.185. The number of anilines is 1. The van der Waals surface area contributed by atoms with Gasteiger partial charge in [0.25, 0.3) is 5.91 Å². The van der Waals surface area contributed by atoms with E-state index in [0.717, 1.165) is 12.8 Å². The number of aromatic nitrogens is 1. The number of nitrogens with one attached hydrogen (secondary N) is 1. The Hall–Kier alpha value is -2.61. The van der Waals surface area contributed by atoms with Crippen molar-refractivity contribution in [3.8, 4) is 0 Å². The molecule has 2 aromatic rings. The summed E-state index contributed by atoms with van der Waals surface area (Å²) in [6.07, 6.45) is -0.748. The van der Waals surface area contributed by atoms with Crippen molar-refractivity contribution in [1.82, 2.24) is 9.88 Å². The molecule has 0 bridgehead atoms. The molecule has 1 aromatic heterocycles. The molecule has 1 aromatic carbocycles. The first-order valence-corrected chi connectivity index (χ1v) is 9.65. The normalized spacial score (nSPS) is 22.8. The number of hydrogen-bond donors (Lipinski definition) is 1. The van der Waals surface area contributed by atoms with Gasteiger partial charge >= 0.3 is 11.8 Å². The Morgan fingerprint density at radius 3 is 2.38 bits per heavy atom. The molecule has 0 spiro atoms. The van der Waals surface area contributed by atoms with Gasteiger partial charge in [0.2, 0.25) is 0 Å². The van der Waals surface area contributed by atoms with Gasteiger partial charge in [-0.2, -0.15) is 13.2 Å². The summed E-state index contributed by atoms with van der Waals surface area (Å²) in [5.41, 5.74) is -2.67. The second-order valence-electron chi connectivity index (χ2n) is 7.11. The van der Waals surface area contributed by atoms with Gasteiger partial charge in [-0.1, -0.05) is 54.8 Å². The Morgan fingerprint density at radius 2 is 1.79 bits per heavy atom. The van der Waals surface area contributed by atoms with E-state index in [0.29, 0.717) is 18.4 Å². The molecule has 2 heterocycles. The van der Waals surface area contributed by atoms with Crippen LogP contribution in [0.1, 0.15) is 31.2 Å². The van der Waals surface area contributed by atoms with Gasteiger partial charge in [0.15, 0.2) is 0 Å². The van der Waals surface area contributed by atoms with Crippen LogP contribution in [0, 0.1) is 0 Å². The van der Waals surface area contributed by atoms with E-state index in [-0.39, 0.29) is 22.7 Å². The number of carbonyl (C=O) groups excluding carboxylic acids is 1. The van der Waals surface area contributed by atoms with Crippen molar-refractivity contribution >= 4 is 29.2 Å². The van der Waals surface area contributed by atoms with Gasteiger partial charge in [-0.3, -0.25) is 9.69 Å². The first-order valence-electron chi connectivity index (χ1n) is 9.27. The van der Waals surface area contributed by atoms with Crippen molar-refractivity contribution in [3.63, 3.8) is 0 Å². The second-order valence-corrected chi connectivity index (χ2v) is 7.55. The number of amidine groups is 1. The molecule has 4 rings (SSSR count). The number of benzene rings is 1. The SMILES string of the molecule is O=C1N(C2CCCC2)C(c2ccccc2)=NC1(Nc1ccc(Cl)cn1)C(F)(F)F. The fraction of sp³-hybridized carbons (Fsp3) is 0.350. The van der Waals surface area contributed by atoms with Crippen LogP contribution in [0.2, 0.25) is 5.02 Å². The molecule has 29 heavy (non-hydrogen) atoms. The fourth-order valence-electron chi connectivity index (χ4n) is 3.80. The molecule has 9 heteroatoms. The van der Waals surface area contributed by atoms with E-state index in [9.17, 15) is 18.0 Å². The molecule has 0 saturated heterocycles. The van der Waals surface area contributed by atoms with Gasteiger partial charge in [0.1, 0.15) is 11.7 Å². The van der Waals surface area contributed by atoms with Crippen LogP contribution in [0.4, 0.5) is 19.0 Å². The number of nitrogens with zero attached hydrogens (tertiary/aromatic N) is 3. The number of alkyl halides is 3. The minimum atomic E-state index is -4.97. The van der Waals surface area contributed by atoms with Crippen molar-refractivity contribution in [3.05, 3.63) is 59.2 Å². The van der Waals surface area contributed by atoms with E-state index in [1.165, 1.54) is 23.2 Å². The summed E-state index contributed by atoms with van der Waals surface area (Å²) in [6, 6.07) is 10.9. The summed E-state index contributed by atoms with van der Waals surface area (Å²) in [5.74, 6) is -1.24. The van der Waals surface area contributed by atoms with E-state index in [4.69, 9.17) is 11.6 Å². The summed E-state index contributed by atoms with van der Waals surface area (Å²) in [7, 11) is 0. The molecule has 1 unspecified atom stereocenters. The first-order chi connectivity index (χ1) is 13.8. The highest BCUT2D eigenvalue weighted by atomic mass is 35.5. The first kappa shape index (κ1) is 19.7. The second kappa shape index (κ2) is 7.33. The van der Waals surface area contributed by atoms with Gasteiger partial charge in [0, 0.05) is 17.8 Å². The molecule has 1 N–H and O–H groups in total. The Balaban J connectivity index is 1.84. The zero-order chi connectivity index (χ0) is 20.6. The van der Waals surface area contributed by atoms with Crippen LogP contribution in [-0.2, 0) is 4.79 Å². The van der Waals surface area contributed by atoms with Gasteiger partial charge in [0.05, 0.1) is 5.02 Å². The van der Waals surface area contributed by atoms with Crippen LogP contribution in [0.5, 0.6) is 0 Å². The van der Waals surface area contributed by atoms with E-state index in [2.05, 4.69) is 15.3 Å². The summed E-state index contributed by atoms with van der Waals surface area (Å²) in [4.78, 5) is 22.4. The average molecular weight is 423 g/mol. The van der Waals surface area contributed by atoms with Gasteiger partial charge < -0.3 is 5.32 Å². The zero-order valence-corrected chi connectivity index (χ0v) is 16.0. The lowest BCUT2D eigenvalue weighted by Gasteiger charge is -2.31. The molecule has 1 saturated carbocycles. The van der Waals surface area contributed by atoms with E-state index < -0.39 is 17.7 Å². The quantitative estimate of drug-likeness (QED) is 0.781. The smallest absolute Gasteiger partial charge is 0.331 e. The molecule has 2 aliphatic rings. The molecular formula is C20H18ClF3N4O. The van der Waals surface area contributed by atoms with Crippen molar-refractivity contribution in [1.29, 1.82) is 0 Å². The predicted octanol–water partition coefficient (Wildman–Crippen LogP) is 4.64. The third-order valence-electron chi connectivity index (χ3n) is 5.20. The van der Waals surface area contributed by atoms with Crippen LogP contribution in [0.3, 0.4) is 0 Å². The lowest BCUT2D eigenvalue weighted by Crippen LogP contribution is -2.59. The van der Waals surface area contributed by atoms with E-state index in [1.54, 1.807) is 30.3 Å². The highest BCUT2D eigenvalue weighted by molar-refractivity contribution is 6.30. The number of amides is 1. The maximum atomic E-state index is 14.3. The number of hydrogen-bond acceptors (Lipinski definition) is 4. The minimum absolute atomic E-state index is 0.0290. The Labute approximate surface area is 170 Å². The van der Waals surface area contributed by atoms with Crippen LogP contribution < -0.4 is 5.32 Å². The third kappa shape index (κ3) is 3.46. The monoisotopic (exact) mass is 422 g/mol. The van der Waals surface area contributed by atoms with Gasteiger partial charge in [-0.05, 0) is 25.0 Å². The van der Waals surface area contributed by atoms with Gasteiger partial charge in [-0.25, -0.2) is 9.98 Å². The lowest BCUT2D eigenvalue weighted by atomic mass is 10.1. The van der Waals surface area contributed by atoms with E-state index >= 15 is 0 Å². The number of halogens is 4. The summed E-state index contributed by atoms with van der Waals surface area (Å²) in [5, 5.41) is 2.52. The molecular weight excluding hydrogens is 405 g/mol. The standard InChI is InChI=1S/C20H18ClF3N4O/c21-14-10-11-16(25-12-14)26-19(20(22,23)24)18(29)28(15-8-4-5-9-15)17(27-19)13-6-2-1-3-7-13/h1-3,6-7,10-12,15H,4-5,8-9H2,(H,25,26). The van der Waals surface area contributed by atoms with Crippen LogP contribution >= 0.6 is 11.6 Å². The molecule has 1 fully saturated rings. The maximum absolute atomic E-state index is 14.3. The van der Waals surface area contributed by atoms with E-state index in [1.807, 2.05) is 0 Å². The highest BCUT2D eigenvalue weighted by Crippen LogP contribution is 2.42. The number of pyridine rings is 1. The summed E-state index contributed by atoms with van der Waals surface area (Å²) < 4.78 is 42.9. The molecule has 1 aliphatic heterocycles. The van der Waals surface area contributed by atoms with Gasteiger partial charge in [-0.15, -0.1) is 0 Å². The Kier molecular flexibility index (Phi) is 4.98. The molecule has 152 valence electrons. The molecule has 1 atom stereocenters. The predicted molar refractivity (Wildman–Crippen MR) is 104 cm³/mol. The van der Waals surface area contributed by atoms with Crippen LogP contribution in [-0.4, -0.2) is 39.5 Å². The Morgan fingerprint density at radius 1 is 1.10 bits per heavy atom. The highest BCUT2D eigenvalue weighted by Gasteiger charge is 2.67. The zero-order valence-electron chi connectivity index (χ0n) is 15.3. The number of carbonyl (C=O) groups is 1. The number of rotatable bonds is 4. The van der Waals surface area contributed by atoms with Crippen molar-refractivity contribution in [2.45, 2.75) is 43.6 Å². The summed E-state index contributed by atoms with van der Waals surface area (Å²) >= 11 is 5.78.